The van der Waals surface area contributed by atoms with Gasteiger partial charge in [-0.05, 0) is 26.8 Å². The van der Waals surface area contributed by atoms with Crippen molar-refractivity contribution in [3.8, 4) is 0 Å². The molecule has 1 heterocycles. The molecule has 1 unspecified atom stereocenters. The Hall–Kier alpha value is -0.900. The van der Waals surface area contributed by atoms with Crippen molar-refractivity contribution in [2.75, 3.05) is 6.54 Å². The van der Waals surface area contributed by atoms with Crippen molar-refractivity contribution in [1.29, 1.82) is 0 Å². The molecule has 0 aliphatic rings. The molecule has 0 aliphatic carbocycles. The van der Waals surface area contributed by atoms with Crippen LogP contribution in [-0.4, -0.2) is 11.5 Å². The van der Waals surface area contributed by atoms with E-state index >= 15 is 0 Å². The van der Waals surface area contributed by atoms with Crippen LogP contribution in [0.15, 0.2) is 4.42 Å². The van der Waals surface area contributed by atoms with E-state index in [1.165, 1.54) is 0 Å². The Balaban J connectivity index is 2.74. The topological polar surface area (TPSA) is 52.0 Å². The molecule has 0 fully saturated rings. The van der Waals surface area contributed by atoms with Crippen molar-refractivity contribution < 1.29 is 8.81 Å². The molecule has 68 valence electrons. The van der Waals surface area contributed by atoms with E-state index in [2.05, 4.69) is 4.98 Å². The summed E-state index contributed by atoms with van der Waals surface area (Å²) in [6.45, 7) is 3.86. The predicted molar refractivity (Wildman–Crippen MR) is 43.5 cm³/mol. The molecule has 1 aromatic rings. The number of nitrogens with two attached hydrogens (primary N) is 1. The maximum absolute atomic E-state index is 13.1. The van der Waals surface area contributed by atoms with Gasteiger partial charge in [-0.15, -0.1) is 0 Å². The number of hydrogen-bond acceptors (Lipinski definition) is 3. The minimum atomic E-state index is -1.16. The minimum absolute atomic E-state index is 0.149. The molecule has 3 nitrogen and oxygen atoms in total. The highest BCUT2D eigenvalue weighted by Gasteiger charge is 2.15. The summed E-state index contributed by atoms with van der Waals surface area (Å²) >= 11 is 0. The van der Waals surface area contributed by atoms with Crippen molar-refractivity contribution >= 4 is 0 Å². The first-order chi connectivity index (χ1) is 5.65. The summed E-state index contributed by atoms with van der Waals surface area (Å²) in [5.41, 5.74) is 5.94. The molecule has 0 aliphatic heterocycles. The average molecular weight is 172 g/mol. The lowest BCUT2D eigenvalue weighted by Gasteiger charge is -1.99. The molecule has 0 bridgehead atoms. The van der Waals surface area contributed by atoms with Crippen LogP contribution < -0.4 is 5.73 Å². The monoisotopic (exact) mass is 172 g/mol. The molecular weight excluding hydrogens is 159 g/mol. The molecule has 0 aromatic carbocycles. The van der Waals surface area contributed by atoms with Crippen molar-refractivity contribution in [1.82, 2.24) is 4.98 Å². The fourth-order valence-electron chi connectivity index (χ4n) is 0.901. The second-order valence-electron chi connectivity index (χ2n) is 2.74. The predicted octanol–water partition coefficient (Wildman–Crippen LogP) is 1.65. The van der Waals surface area contributed by atoms with Crippen LogP contribution in [0.1, 0.15) is 29.9 Å². The highest BCUT2D eigenvalue weighted by atomic mass is 19.1. The van der Waals surface area contributed by atoms with Crippen LogP contribution in [0.5, 0.6) is 0 Å². The van der Waals surface area contributed by atoms with E-state index in [1.807, 2.05) is 0 Å². The lowest BCUT2D eigenvalue weighted by atomic mass is 10.3. The molecule has 1 atom stereocenters. The molecule has 12 heavy (non-hydrogen) atoms. The Kier molecular flexibility index (Phi) is 2.81. The fraction of sp³-hybridized carbons (Fsp3) is 0.625. The maximum atomic E-state index is 13.1. The van der Waals surface area contributed by atoms with E-state index in [9.17, 15) is 4.39 Å². The molecule has 0 amide bonds. The maximum Gasteiger partial charge on any atom is 0.229 e. The van der Waals surface area contributed by atoms with Gasteiger partial charge in [0.1, 0.15) is 5.76 Å². The summed E-state index contributed by atoms with van der Waals surface area (Å²) in [5, 5.41) is 0. The molecule has 0 radical (unpaired) electrons. The Labute approximate surface area is 70.8 Å². The molecular formula is C8H13FN2O. The quantitative estimate of drug-likeness (QED) is 0.754. The molecule has 0 saturated carbocycles. The molecule has 4 heteroatoms. The van der Waals surface area contributed by atoms with Gasteiger partial charge in [0.2, 0.25) is 5.89 Å². The van der Waals surface area contributed by atoms with Crippen molar-refractivity contribution in [2.24, 2.45) is 5.73 Å². The van der Waals surface area contributed by atoms with Gasteiger partial charge in [-0.25, -0.2) is 9.37 Å². The van der Waals surface area contributed by atoms with Crippen molar-refractivity contribution in [2.45, 2.75) is 26.4 Å². The smallest absolute Gasteiger partial charge is 0.229 e. The van der Waals surface area contributed by atoms with Crippen LogP contribution in [0, 0.1) is 13.8 Å². The first-order valence-electron chi connectivity index (χ1n) is 3.93. The van der Waals surface area contributed by atoms with Crippen LogP contribution in [0.2, 0.25) is 0 Å². The molecule has 0 saturated heterocycles. The normalized spacial score (nSPS) is 13.3. The summed E-state index contributed by atoms with van der Waals surface area (Å²) in [6, 6.07) is 0. The third kappa shape index (κ3) is 1.82. The first kappa shape index (κ1) is 9.19. The lowest BCUT2D eigenvalue weighted by Crippen LogP contribution is -2.03. The van der Waals surface area contributed by atoms with E-state index in [0.717, 1.165) is 5.69 Å². The van der Waals surface area contributed by atoms with E-state index in [-0.39, 0.29) is 12.3 Å². The Morgan fingerprint density at radius 3 is 2.67 bits per heavy atom. The van der Waals surface area contributed by atoms with Crippen LogP contribution >= 0.6 is 0 Å². The summed E-state index contributed by atoms with van der Waals surface area (Å²) < 4.78 is 18.2. The van der Waals surface area contributed by atoms with Gasteiger partial charge in [0, 0.05) is 0 Å². The Morgan fingerprint density at radius 1 is 1.58 bits per heavy atom. The third-order valence-corrected chi connectivity index (χ3v) is 1.73. The van der Waals surface area contributed by atoms with Crippen LogP contribution in [0.3, 0.4) is 0 Å². The zero-order chi connectivity index (χ0) is 9.14. The van der Waals surface area contributed by atoms with Crippen LogP contribution in [-0.2, 0) is 0 Å². The van der Waals surface area contributed by atoms with Gasteiger partial charge in [0.15, 0.2) is 6.17 Å². The fourth-order valence-corrected chi connectivity index (χ4v) is 0.901. The second-order valence-corrected chi connectivity index (χ2v) is 2.74. The number of aromatic nitrogens is 1. The van der Waals surface area contributed by atoms with Crippen molar-refractivity contribution in [3.05, 3.63) is 17.3 Å². The summed E-state index contributed by atoms with van der Waals surface area (Å²) in [7, 11) is 0. The highest BCUT2D eigenvalue weighted by molar-refractivity contribution is 5.06. The van der Waals surface area contributed by atoms with Gasteiger partial charge in [0.05, 0.1) is 5.69 Å². The molecule has 2 N–H and O–H groups in total. The van der Waals surface area contributed by atoms with Crippen molar-refractivity contribution in [3.63, 3.8) is 0 Å². The number of rotatable bonds is 3. The number of aryl methyl sites for hydroxylation is 2. The average Bonchev–Trinajstić information content (AvgIpc) is 2.33. The SMILES string of the molecule is Cc1nc(C(F)CCN)oc1C. The van der Waals surface area contributed by atoms with Gasteiger partial charge >= 0.3 is 0 Å². The summed E-state index contributed by atoms with van der Waals surface area (Å²) in [4.78, 5) is 3.93. The summed E-state index contributed by atoms with van der Waals surface area (Å²) in [5.74, 6) is 0.820. The van der Waals surface area contributed by atoms with Crippen LogP contribution in [0.25, 0.3) is 0 Å². The standard InChI is InChI=1S/C8H13FN2O/c1-5-6(2)12-8(11-5)7(9)3-4-10/h7H,3-4,10H2,1-2H3. The van der Waals surface area contributed by atoms with E-state index in [4.69, 9.17) is 10.2 Å². The van der Waals surface area contributed by atoms with Gasteiger partial charge in [-0.3, -0.25) is 0 Å². The van der Waals surface area contributed by atoms with E-state index in [1.54, 1.807) is 13.8 Å². The molecule has 1 aromatic heterocycles. The largest absolute Gasteiger partial charge is 0.443 e. The summed E-state index contributed by atoms with van der Waals surface area (Å²) in [6.07, 6.45) is -0.901. The Morgan fingerprint density at radius 2 is 2.25 bits per heavy atom. The number of alkyl halides is 1. The molecule has 1 rings (SSSR count). The van der Waals surface area contributed by atoms with Gasteiger partial charge < -0.3 is 10.2 Å². The second kappa shape index (κ2) is 3.67. The Bertz CT molecular complexity index is 240. The number of halogens is 1. The number of oxazole rings is 1. The minimum Gasteiger partial charge on any atom is -0.443 e. The lowest BCUT2D eigenvalue weighted by molar-refractivity contribution is 0.261. The third-order valence-electron chi connectivity index (χ3n) is 1.73. The molecule has 0 spiro atoms. The van der Waals surface area contributed by atoms with Gasteiger partial charge in [0.25, 0.3) is 0 Å². The van der Waals surface area contributed by atoms with Gasteiger partial charge in [-0.1, -0.05) is 0 Å². The van der Waals surface area contributed by atoms with Gasteiger partial charge in [-0.2, -0.15) is 0 Å². The number of nitrogens with zero attached hydrogens (tertiary/aromatic N) is 1. The van der Waals surface area contributed by atoms with E-state index in [0.29, 0.717) is 12.3 Å². The first-order valence-corrected chi connectivity index (χ1v) is 3.93. The zero-order valence-electron chi connectivity index (χ0n) is 7.30. The zero-order valence-corrected chi connectivity index (χ0v) is 7.30. The highest BCUT2D eigenvalue weighted by Crippen LogP contribution is 2.21. The number of hydrogen-bond donors (Lipinski definition) is 1. The van der Waals surface area contributed by atoms with Crippen LogP contribution in [0.4, 0.5) is 4.39 Å². The van der Waals surface area contributed by atoms with E-state index < -0.39 is 6.17 Å².